The number of rotatable bonds is 7. The molecule has 2 rings (SSSR count). The molecule has 1 saturated heterocycles. The first-order chi connectivity index (χ1) is 10.7. The molecule has 0 unspecified atom stereocenters. The van der Waals surface area contributed by atoms with E-state index in [1.807, 2.05) is 12.1 Å². The van der Waals surface area contributed by atoms with E-state index in [0.29, 0.717) is 12.3 Å². The van der Waals surface area contributed by atoms with Crippen molar-refractivity contribution in [3.8, 4) is 0 Å². The van der Waals surface area contributed by atoms with Crippen LogP contribution in [-0.2, 0) is 4.79 Å². The minimum absolute atomic E-state index is 0.0934. The minimum Gasteiger partial charge on any atom is -0.357 e. The zero-order chi connectivity index (χ0) is 15.8. The third kappa shape index (κ3) is 4.98. The Hall–Kier alpha value is -1.62. The van der Waals surface area contributed by atoms with Gasteiger partial charge in [-0.2, -0.15) is 0 Å². The maximum atomic E-state index is 12.0. The van der Waals surface area contributed by atoms with E-state index in [0.717, 1.165) is 44.1 Å². The summed E-state index contributed by atoms with van der Waals surface area (Å²) in [5.74, 6) is 1.74. The second-order valence-electron chi connectivity index (χ2n) is 5.86. The Labute approximate surface area is 133 Å². The average Bonchev–Trinajstić information content (AvgIpc) is 2.56. The summed E-state index contributed by atoms with van der Waals surface area (Å²) in [7, 11) is 0. The van der Waals surface area contributed by atoms with Crippen LogP contribution >= 0.6 is 0 Å². The summed E-state index contributed by atoms with van der Waals surface area (Å²) in [6.07, 6.45) is 5.71. The number of nitrogens with zero attached hydrogens (tertiary/aromatic N) is 2. The molecule has 1 aliphatic rings. The Kier molecular flexibility index (Phi) is 6.65. The smallest absolute Gasteiger partial charge is 0.224 e. The van der Waals surface area contributed by atoms with Gasteiger partial charge in [0.15, 0.2) is 0 Å². The molecule has 0 aliphatic carbocycles. The van der Waals surface area contributed by atoms with Crippen molar-refractivity contribution in [2.45, 2.75) is 39.5 Å². The number of pyridine rings is 1. The van der Waals surface area contributed by atoms with Gasteiger partial charge in [0.25, 0.3) is 0 Å². The van der Waals surface area contributed by atoms with Crippen molar-refractivity contribution in [2.24, 2.45) is 5.92 Å². The first-order valence-corrected chi connectivity index (χ1v) is 8.44. The lowest BCUT2D eigenvalue weighted by atomic mass is 9.93. The van der Waals surface area contributed by atoms with Gasteiger partial charge in [-0.15, -0.1) is 0 Å². The van der Waals surface area contributed by atoms with Crippen LogP contribution in [0.15, 0.2) is 18.3 Å². The molecule has 1 fully saturated rings. The van der Waals surface area contributed by atoms with Crippen LogP contribution in [0.4, 0.5) is 11.5 Å². The van der Waals surface area contributed by atoms with Gasteiger partial charge in [-0.05, 0) is 64.3 Å². The molecular weight excluding hydrogens is 276 g/mol. The van der Waals surface area contributed by atoms with Crippen LogP contribution in [0, 0.1) is 5.92 Å². The number of carbonyl (C=O) groups excluding carboxylic acids is 1. The fourth-order valence-corrected chi connectivity index (χ4v) is 2.92. The minimum atomic E-state index is 0.0934. The third-order valence-corrected chi connectivity index (χ3v) is 4.36. The fraction of sp³-hybridized carbons (Fsp3) is 0.647. The summed E-state index contributed by atoms with van der Waals surface area (Å²) in [6, 6.07) is 3.90. The van der Waals surface area contributed by atoms with E-state index >= 15 is 0 Å². The summed E-state index contributed by atoms with van der Waals surface area (Å²) >= 11 is 0. The van der Waals surface area contributed by atoms with Crippen molar-refractivity contribution < 1.29 is 4.79 Å². The number of hydrogen-bond acceptors (Lipinski definition) is 4. The molecule has 5 heteroatoms. The number of amides is 1. The van der Waals surface area contributed by atoms with Gasteiger partial charge in [0.1, 0.15) is 5.82 Å². The molecule has 0 spiro atoms. The molecule has 2 heterocycles. The predicted molar refractivity (Wildman–Crippen MR) is 91.3 cm³/mol. The highest BCUT2D eigenvalue weighted by Gasteiger charge is 2.14. The number of aromatic nitrogens is 1. The molecular formula is C17H28N4O. The molecule has 1 aliphatic heterocycles. The second-order valence-corrected chi connectivity index (χ2v) is 5.86. The van der Waals surface area contributed by atoms with E-state index in [9.17, 15) is 4.79 Å². The Bertz CT molecular complexity index is 450. The second kappa shape index (κ2) is 8.73. The van der Waals surface area contributed by atoms with E-state index < -0.39 is 0 Å². The third-order valence-electron chi connectivity index (χ3n) is 4.36. The summed E-state index contributed by atoms with van der Waals surface area (Å²) < 4.78 is 0. The highest BCUT2D eigenvalue weighted by Crippen LogP contribution is 2.19. The van der Waals surface area contributed by atoms with Crippen molar-refractivity contribution in [3.63, 3.8) is 0 Å². The Morgan fingerprint density at radius 2 is 2.05 bits per heavy atom. The van der Waals surface area contributed by atoms with Gasteiger partial charge in [0, 0.05) is 19.5 Å². The van der Waals surface area contributed by atoms with Crippen LogP contribution in [0.5, 0.6) is 0 Å². The Morgan fingerprint density at radius 3 is 2.64 bits per heavy atom. The van der Waals surface area contributed by atoms with Gasteiger partial charge in [0.05, 0.1) is 11.9 Å². The molecule has 0 bridgehead atoms. The summed E-state index contributed by atoms with van der Waals surface area (Å²) in [4.78, 5) is 18.6. The molecule has 0 radical (unpaired) electrons. The van der Waals surface area contributed by atoms with Crippen LogP contribution in [0.25, 0.3) is 0 Å². The first kappa shape index (κ1) is 16.7. The average molecular weight is 304 g/mol. The maximum absolute atomic E-state index is 12.0. The van der Waals surface area contributed by atoms with E-state index in [1.54, 1.807) is 6.20 Å². The normalized spacial score (nSPS) is 15.5. The largest absolute Gasteiger partial charge is 0.357 e. The SMILES string of the molecule is CCN(CC)c1ccc(NC(=O)CCC2CCNCC2)cn1. The standard InChI is InChI=1S/C17H28N4O/c1-3-21(4-2)16-7-6-15(13-19-16)20-17(22)8-5-14-9-11-18-12-10-14/h6-7,13-14,18H,3-5,8-12H2,1-2H3,(H,20,22). The van der Waals surface area contributed by atoms with Crippen molar-refractivity contribution >= 4 is 17.4 Å². The van der Waals surface area contributed by atoms with E-state index in [-0.39, 0.29) is 5.91 Å². The van der Waals surface area contributed by atoms with Gasteiger partial charge < -0.3 is 15.5 Å². The zero-order valence-electron chi connectivity index (χ0n) is 13.8. The molecule has 5 nitrogen and oxygen atoms in total. The van der Waals surface area contributed by atoms with E-state index in [2.05, 4.69) is 34.4 Å². The predicted octanol–water partition coefficient (Wildman–Crippen LogP) is 2.65. The maximum Gasteiger partial charge on any atom is 0.224 e. The van der Waals surface area contributed by atoms with Gasteiger partial charge in [-0.3, -0.25) is 4.79 Å². The fourth-order valence-electron chi connectivity index (χ4n) is 2.92. The quantitative estimate of drug-likeness (QED) is 0.813. The molecule has 1 amide bonds. The number of carbonyl (C=O) groups is 1. The van der Waals surface area contributed by atoms with Crippen LogP contribution < -0.4 is 15.5 Å². The molecule has 1 aromatic heterocycles. The molecule has 0 atom stereocenters. The summed E-state index contributed by atoms with van der Waals surface area (Å²) in [5, 5.41) is 6.30. The summed E-state index contributed by atoms with van der Waals surface area (Å²) in [5.41, 5.74) is 0.784. The molecule has 2 N–H and O–H groups in total. The highest BCUT2D eigenvalue weighted by atomic mass is 16.1. The van der Waals surface area contributed by atoms with Crippen molar-refractivity contribution in [3.05, 3.63) is 18.3 Å². The van der Waals surface area contributed by atoms with Crippen LogP contribution in [0.3, 0.4) is 0 Å². The molecule has 0 aromatic carbocycles. The number of piperidine rings is 1. The van der Waals surface area contributed by atoms with Crippen molar-refractivity contribution in [1.82, 2.24) is 10.3 Å². The van der Waals surface area contributed by atoms with Crippen LogP contribution in [0.2, 0.25) is 0 Å². The lowest BCUT2D eigenvalue weighted by Crippen LogP contribution is -2.28. The molecule has 22 heavy (non-hydrogen) atoms. The molecule has 1 aromatic rings. The Morgan fingerprint density at radius 1 is 1.32 bits per heavy atom. The Balaban J connectivity index is 1.78. The summed E-state index contributed by atoms with van der Waals surface area (Å²) in [6.45, 7) is 8.27. The monoisotopic (exact) mass is 304 g/mol. The van der Waals surface area contributed by atoms with Gasteiger partial charge >= 0.3 is 0 Å². The molecule has 0 saturated carbocycles. The van der Waals surface area contributed by atoms with Crippen molar-refractivity contribution in [2.75, 3.05) is 36.4 Å². The lowest BCUT2D eigenvalue weighted by molar-refractivity contribution is -0.116. The zero-order valence-corrected chi connectivity index (χ0v) is 13.8. The number of hydrogen-bond donors (Lipinski definition) is 2. The van der Waals surface area contributed by atoms with Gasteiger partial charge in [-0.1, -0.05) is 0 Å². The highest BCUT2D eigenvalue weighted by molar-refractivity contribution is 5.90. The topological polar surface area (TPSA) is 57.3 Å². The van der Waals surface area contributed by atoms with Gasteiger partial charge in [-0.25, -0.2) is 4.98 Å². The number of anilines is 2. The molecule has 122 valence electrons. The van der Waals surface area contributed by atoms with Crippen molar-refractivity contribution in [1.29, 1.82) is 0 Å². The van der Waals surface area contributed by atoms with Crippen LogP contribution in [0.1, 0.15) is 39.5 Å². The number of nitrogens with one attached hydrogen (secondary N) is 2. The van der Waals surface area contributed by atoms with E-state index in [1.165, 1.54) is 12.8 Å². The lowest BCUT2D eigenvalue weighted by Gasteiger charge is -2.22. The van der Waals surface area contributed by atoms with E-state index in [4.69, 9.17) is 0 Å². The van der Waals surface area contributed by atoms with Gasteiger partial charge in [0.2, 0.25) is 5.91 Å². The van der Waals surface area contributed by atoms with Crippen LogP contribution in [-0.4, -0.2) is 37.1 Å². The first-order valence-electron chi connectivity index (χ1n) is 8.44.